The number of anilines is 2. The Morgan fingerprint density at radius 1 is 0.925 bits per heavy atom. The fourth-order valence-electron chi connectivity index (χ4n) is 3.54. The Morgan fingerprint density at radius 3 is 2.25 bits per heavy atom. The number of rotatable bonds is 8. The molecule has 3 N–H and O–H groups in total. The van der Waals surface area contributed by atoms with Crippen LogP contribution in [0.2, 0.25) is 10.0 Å². The first-order valence-electron chi connectivity index (χ1n) is 11.9. The van der Waals surface area contributed by atoms with E-state index in [4.69, 9.17) is 28.3 Å². The summed E-state index contributed by atoms with van der Waals surface area (Å²) >= 11 is 14.0. The summed E-state index contributed by atoms with van der Waals surface area (Å²) in [5.41, 5.74) is 2.71. The van der Waals surface area contributed by atoms with E-state index in [-0.39, 0.29) is 33.2 Å². The zero-order valence-electron chi connectivity index (χ0n) is 21.6. The fraction of sp³-hybridized carbons (Fsp3) is 0.185. The molecule has 206 valence electrons. The Labute approximate surface area is 244 Å². The summed E-state index contributed by atoms with van der Waals surface area (Å²) in [5.74, 6) is -1.87. The third-order valence-corrected chi connectivity index (χ3v) is 7.24. The number of hydrogen-bond acceptors (Lipinski definition) is 7. The van der Waals surface area contributed by atoms with Gasteiger partial charge in [-0.25, -0.2) is 4.79 Å². The van der Waals surface area contributed by atoms with E-state index in [1.54, 1.807) is 0 Å². The number of carboxylic acids is 1. The van der Waals surface area contributed by atoms with Crippen molar-refractivity contribution in [2.45, 2.75) is 31.3 Å². The van der Waals surface area contributed by atoms with E-state index in [1.165, 1.54) is 47.1 Å². The van der Waals surface area contributed by atoms with Crippen LogP contribution in [0.5, 0.6) is 0 Å². The molecule has 3 aromatic carbocycles. The number of carboxylic acid groups (broad SMARTS) is 1. The maximum atomic E-state index is 12.6. The number of tetrazole rings is 1. The molecule has 13 heteroatoms. The maximum absolute atomic E-state index is 12.6. The number of benzene rings is 3. The Hall–Kier alpha value is -3.93. The highest BCUT2D eigenvalue weighted by atomic mass is 35.5. The van der Waals surface area contributed by atoms with Crippen LogP contribution in [-0.2, 0) is 10.2 Å². The highest BCUT2D eigenvalue weighted by Gasteiger charge is 2.19. The van der Waals surface area contributed by atoms with Crippen molar-refractivity contribution in [3.05, 3.63) is 87.4 Å². The van der Waals surface area contributed by atoms with Crippen molar-refractivity contribution in [1.82, 2.24) is 20.2 Å². The van der Waals surface area contributed by atoms with Crippen molar-refractivity contribution < 1.29 is 19.5 Å². The van der Waals surface area contributed by atoms with Crippen LogP contribution in [0.15, 0.2) is 65.8 Å². The molecule has 0 atom stereocenters. The predicted octanol–water partition coefficient (Wildman–Crippen LogP) is 5.95. The molecule has 40 heavy (non-hydrogen) atoms. The van der Waals surface area contributed by atoms with Gasteiger partial charge in [0.05, 0.1) is 32.7 Å². The van der Waals surface area contributed by atoms with Gasteiger partial charge < -0.3 is 15.7 Å². The van der Waals surface area contributed by atoms with Crippen LogP contribution in [0, 0.1) is 0 Å². The number of hydrogen-bond donors (Lipinski definition) is 3. The van der Waals surface area contributed by atoms with Crippen LogP contribution in [0.3, 0.4) is 0 Å². The summed E-state index contributed by atoms with van der Waals surface area (Å²) in [6.45, 7) is 6.27. The summed E-state index contributed by atoms with van der Waals surface area (Å²) in [4.78, 5) is 36.2. The van der Waals surface area contributed by atoms with Gasteiger partial charge in [-0.3, -0.25) is 9.59 Å². The average Bonchev–Trinajstić information content (AvgIpc) is 3.36. The fourth-order valence-corrected chi connectivity index (χ4v) is 4.71. The number of nitrogens with one attached hydrogen (secondary N) is 2. The number of aromatic nitrogens is 4. The zero-order chi connectivity index (χ0) is 29.0. The quantitative estimate of drug-likeness (QED) is 0.211. The first-order chi connectivity index (χ1) is 18.9. The van der Waals surface area contributed by atoms with E-state index >= 15 is 0 Å². The minimum absolute atomic E-state index is 0.0109. The molecule has 0 saturated carbocycles. The molecule has 2 amide bonds. The molecule has 10 nitrogen and oxygen atoms in total. The topological polar surface area (TPSA) is 139 Å². The van der Waals surface area contributed by atoms with E-state index in [1.807, 2.05) is 18.2 Å². The van der Waals surface area contributed by atoms with Gasteiger partial charge in [0.25, 0.3) is 5.91 Å². The highest BCUT2D eigenvalue weighted by Crippen LogP contribution is 2.30. The molecule has 0 bridgehead atoms. The van der Waals surface area contributed by atoms with Gasteiger partial charge in [0, 0.05) is 11.3 Å². The SMILES string of the molecule is CC(C)(C)c1ccc(-n2nnnc2SCC(=O)Nc2ccc(C(=O)Nc3ccc(C(=O)O)cc3)cc2Cl)c(Cl)c1. The molecule has 1 heterocycles. The Kier molecular flexibility index (Phi) is 8.77. The standard InChI is InChI=1S/C27H24Cl2N6O4S/c1-27(2,3)17-7-11-22(20(29)13-17)35-26(32-33-34-35)40-14-23(36)31-21-10-6-16(12-19(21)28)24(37)30-18-8-4-15(5-9-18)25(38)39/h4-13H,14H2,1-3H3,(H,30,37)(H,31,36)(H,38,39). The van der Waals surface area contributed by atoms with Gasteiger partial charge in [-0.15, -0.1) is 5.10 Å². The molecule has 0 aliphatic heterocycles. The zero-order valence-corrected chi connectivity index (χ0v) is 23.9. The number of halogens is 2. The van der Waals surface area contributed by atoms with Crippen LogP contribution in [0.25, 0.3) is 5.69 Å². The van der Waals surface area contributed by atoms with Crippen molar-refractivity contribution in [1.29, 1.82) is 0 Å². The van der Waals surface area contributed by atoms with Gasteiger partial charge in [-0.2, -0.15) is 4.68 Å². The lowest BCUT2D eigenvalue weighted by Crippen LogP contribution is -2.16. The summed E-state index contributed by atoms with van der Waals surface area (Å²) in [5, 5.41) is 27.2. The molecule has 0 aliphatic rings. The largest absolute Gasteiger partial charge is 0.478 e. The minimum Gasteiger partial charge on any atom is -0.478 e. The van der Waals surface area contributed by atoms with Crippen LogP contribution >= 0.6 is 35.0 Å². The molecule has 0 fully saturated rings. The van der Waals surface area contributed by atoms with Crippen LogP contribution in [0.1, 0.15) is 47.1 Å². The number of thioether (sulfide) groups is 1. The van der Waals surface area contributed by atoms with Crippen molar-refractivity contribution in [3.63, 3.8) is 0 Å². The third-order valence-electron chi connectivity index (χ3n) is 5.71. The summed E-state index contributed by atoms with van der Waals surface area (Å²) in [6, 6.07) is 15.9. The van der Waals surface area contributed by atoms with Crippen molar-refractivity contribution in [3.8, 4) is 5.69 Å². The van der Waals surface area contributed by atoms with Crippen LogP contribution < -0.4 is 10.6 Å². The average molecular weight is 600 g/mol. The van der Waals surface area contributed by atoms with Gasteiger partial charge >= 0.3 is 5.97 Å². The van der Waals surface area contributed by atoms with Gasteiger partial charge in [0.1, 0.15) is 0 Å². The first-order valence-corrected chi connectivity index (χ1v) is 13.6. The van der Waals surface area contributed by atoms with Crippen molar-refractivity contribution >= 4 is 64.1 Å². The minimum atomic E-state index is -1.06. The van der Waals surface area contributed by atoms with Gasteiger partial charge in [-0.05, 0) is 76.0 Å². The number of aromatic carboxylic acids is 1. The maximum Gasteiger partial charge on any atom is 0.335 e. The molecule has 0 saturated heterocycles. The van der Waals surface area contributed by atoms with E-state index in [0.717, 1.165) is 17.3 Å². The number of carbonyl (C=O) groups excluding carboxylic acids is 2. The molecule has 0 radical (unpaired) electrons. The molecule has 0 aliphatic carbocycles. The van der Waals surface area contributed by atoms with E-state index in [0.29, 0.717) is 27.2 Å². The van der Waals surface area contributed by atoms with Crippen LogP contribution in [-0.4, -0.2) is 48.9 Å². The lowest BCUT2D eigenvalue weighted by molar-refractivity contribution is -0.113. The summed E-state index contributed by atoms with van der Waals surface area (Å²) in [7, 11) is 0. The summed E-state index contributed by atoms with van der Waals surface area (Å²) in [6.07, 6.45) is 0. The van der Waals surface area contributed by atoms with Gasteiger partial charge in [0.15, 0.2) is 0 Å². The number of carbonyl (C=O) groups is 3. The second-order valence-corrected chi connectivity index (χ2v) is 11.4. The second-order valence-electron chi connectivity index (χ2n) is 9.66. The van der Waals surface area contributed by atoms with E-state index in [2.05, 4.69) is 46.9 Å². The Bertz CT molecular complexity index is 1580. The van der Waals surface area contributed by atoms with Crippen molar-refractivity contribution in [2.75, 3.05) is 16.4 Å². The number of nitrogens with zero attached hydrogens (tertiary/aromatic N) is 4. The van der Waals surface area contributed by atoms with Gasteiger partial charge in [0.2, 0.25) is 11.1 Å². The number of amides is 2. The molecular weight excluding hydrogens is 575 g/mol. The summed E-state index contributed by atoms with van der Waals surface area (Å²) < 4.78 is 1.47. The lowest BCUT2D eigenvalue weighted by Gasteiger charge is -2.20. The molecular formula is C27H24Cl2N6O4S. The first kappa shape index (κ1) is 29.1. The van der Waals surface area contributed by atoms with E-state index in [9.17, 15) is 14.4 Å². The second kappa shape index (κ2) is 12.1. The van der Waals surface area contributed by atoms with Crippen LogP contribution in [0.4, 0.5) is 11.4 Å². The lowest BCUT2D eigenvalue weighted by atomic mass is 9.87. The van der Waals surface area contributed by atoms with Gasteiger partial charge in [-0.1, -0.05) is 61.8 Å². The smallest absolute Gasteiger partial charge is 0.335 e. The molecule has 0 unspecified atom stereocenters. The normalized spacial score (nSPS) is 11.2. The van der Waals surface area contributed by atoms with Crippen molar-refractivity contribution in [2.24, 2.45) is 0 Å². The molecule has 4 rings (SSSR count). The molecule has 1 aromatic heterocycles. The Morgan fingerprint density at radius 2 is 1.62 bits per heavy atom. The highest BCUT2D eigenvalue weighted by molar-refractivity contribution is 7.99. The van der Waals surface area contributed by atoms with E-state index < -0.39 is 11.9 Å². The monoisotopic (exact) mass is 598 g/mol. The Balaban J connectivity index is 1.37. The molecule has 4 aromatic rings. The third kappa shape index (κ3) is 6.98. The molecule has 0 spiro atoms. The predicted molar refractivity (Wildman–Crippen MR) is 155 cm³/mol.